The molecule has 132 valence electrons. The lowest BCUT2D eigenvalue weighted by Gasteiger charge is -2.10. The molecule has 0 fully saturated rings. The zero-order chi connectivity index (χ0) is 18.5. The molecule has 0 aliphatic carbocycles. The number of ether oxygens (including phenoxy) is 1. The number of hydrogen-bond donors (Lipinski definition) is 2. The molecule has 0 aliphatic heterocycles. The van der Waals surface area contributed by atoms with Crippen LogP contribution in [0, 0.1) is 0 Å². The Morgan fingerprint density at radius 1 is 1.04 bits per heavy atom. The van der Waals surface area contributed by atoms with Crippen LogP contribution >= 0.6 is 23.2 Å². The zero-order valence-corrected chi connectivity index (χ0v) is 15.3. The summed E-state index contributed by atoms with van der Waals surface area (Å²) in [6, 6.07) is 15.5. The summed E-state index contributed by atoms with van der Waals surface area (Å²) < 4.78 is 5.13. The largest absolute Gasteiger partial charge is 0.495 e. The highest BCUT2D eigenvalue weighted by Gasteiger charge is 2.09. The van der Waals surface area contributed by atoms with Crippen LogP contribution in [-0.2, 0) is 0 Å². The van der Waals surface area contributed by atoms with Gasteiger partial charge >= 0.3 is 0 Å². The van der Waals surface area contributed by atoms with E-state index in [0.717, 1.165) is 5.69 Å². The van der Waals surface area contributed by atoms with Gasteiger partial charge in [0.1, 0.15) is 11.6 Å². The molecule has 5 nitrogen and oxygen atoms in total. The number of carbonyl (C=O) groups is 1. The van der Waals surface area contributed by atoms with Crippen LogP contribution in [0.25, 0.3) is 0 Å². The number of aromatic nitrogens is 1. The fourth-order valence-electron chi connectivity index (χ4n) is 2.30. The summed E-state index contributed by atoms with van der Waals surface area (Å²) in [7, 11) is 1.55. The third-order valence-corrected chi connectivity index (χ3v) is 4.06. The summed E-state index contributed by atoms with van der Waals surface area (Å²) in [5.41, 5.74) is 1.81. The van der Waals surface area contributed by atoms with Gasteiger partial charge in [0.2, 0.25) is 0 Å². The van der Waals surface area contributed by atoms with Gasteiger partial charge in [0.05, 0.1) is 12.1 Å². The highest BCUT2D eigenvalue weighted by atomic mass is 35.5. The molecule has 0 saturated heterocycles. The summed E-state index contributed by atoms with van der Waals surface area (Å²) in [4.78, 5) is 16.6. The molecule has 7 heteroatoms. The standard InChI is InChI=1S/C19H15Cl2N3O2/c1-26-17-6-5-15(11-16(17)21)23-18-9-12(7-8-22-18)19(25)24-14-4-2-3-13(20)10-14/h2-11H,1H3,(H,22,23)(H,24,25). The van der Waals surface area contributed by atoms with E-state index in [2.05, 4.69) is 15.6 Å². The molecule has 1 heterocycles. The number of methoxy groups -OCH3 is 1. The summed E-state index contributed by atoms with van der Waals surface area (Å²) in [5.74, 6) is 0.843. The fourth-order valence-corrected chi connectivity index (χ4v) is 2.75. The number of nitrogens with zero attached hydrogens (tertiary/aromatic N) is 1. The maximum atomic E-state index is 12.4. The van der Waals surface area contributed by atoms with Crippen LogP contribution in [0.15, 0.2) is 60.8 Å². The minimum atomic E-state index is -0.259. The van der Waals surface area contributed by atoms with Gasteiger partial charge in [-0.2, -0.15) is 0 Å². The first-order valence-corrected chi connectivity index (χ1v) is 8.44. The molecule has 0 bridgehead atoms. The zero-order valence-electron chi connectivity index (χ0n) is 13.8. The van der Waals surface area contributed by atoms with Crippen LogP contribution in [0.5, 0.6) is 5.75 Å². The lowest BCUT2D eigenvalue weighted by atomic mass is 10.2. The van der Waals surface area contributed by atoms with Crippen molar-refractivity contribution in [2.45, 2.75) is 0 Å². The van der Waals surface area contributed by atoms with E-state index in [4.69, 9.17) is 27.9 Å². The van der Waals surface area contributed by atoms with Crippen LogP contribution < -0.4 is 15.4 Å². The Morgan fingerprint density at radius 2 is 1.88 bits per heavy atom. The van der Waals surface area contributed by atoms with E-state index in [1.807, 2.05) is 6.07 Å². The fraction of sp³-hybridized carbons (Fsp3) is 0.0526. The first kappa shape index (κ1) is 18.0. The molecule has 0 saturated carbocycles. The molecule has 3 rings (SSSR count). The van der Waals surface area contributed by atoms with Crippen molar-refractivity contribution in [1.82, 2.24) is 4.98 Å². The molecule has 1 amide bonds. The second-order valence-electron chi connectivity index (χ2n) is 5.37. The number of pyridine rings is 1. The Morgan fingerprint density at radius 3 is 2.62 bits per heavy atom. The number of carbonyl (C=O) groups excluding carboxylic acids is 1. The molecule has 0 spiro atoms. The van der Waals surface area contributed by atoms with Gasteiger partial charge in [-0.3, -0.25) is 4.79 Å². The molecule has 1 aromatic heterocycles. The Balaban J connectivity index is 1.75. The molecule has 0 atom stereocenters. The van der Waals surface area contributed by atoms with Crippen molar-refractivity contribution in [1.29, 1.82) is 0 Å². The van der Waals surface area contributed by atoms with Crippen LogP contribution in [0.3, 0.4) is 0 Å². The van der Waals surface area contributed by atoms with Crippen molar-refractivity contribution in [2.75, 3.05) is 17.7 Å². The van der Waals surface area contributed by atoms with Crippen molar-refractivity contribution in [3.63, 3.8) is 0 Å². The van der Waals surface area contributed by atoms with E-state index in [0.29, 0.717) is 32.9 Å². The number of anilines is 3. The molecule has 3 aromatic rings. The molecule has 0 unspecified atom stereocenters. The van der Waals surface area contributed by atoms with E-state index >= 15 is 0 Å². The number of hydrogen-bond acceptors (Lipinski definition) is 4. The Bertz CT molecular complexity index is 948. The number of nitrogens with one attached hydrogen (secondary N) is 2. The lowest BCUT2D eigenvalue weighted by molar-refractivity contribution is 0.102. The number of halogens is 2. The minimum Gasteiger partial charge on any atom is -0.495 e. The number of amides is 1. The van der Waals surface area contributed by atoms with Gasteiger partial charge < -0.3 is 15.4 Å². The average molecular weight is 388 g/mol. The first-order chi connectivity index (χ1) is 12.5. The molecule has 2 aromatic carbocycles. The van der Waals surface area contributed by atoms with Gasteiger partial charge in [-0.15, -0.1) is 0 Å². The van der Waals surface area contributed by atoms with Crippen molar-refractivity contribution >= 4 is 46.3 Å². The Kier molecular flexibility index (Phi) is 5.61. The van der Waals surface area contributed by atoms with Crippen molar-refractivity contribution in [3.05, 3.63) is 76.4 Å². The summed E-state index contributed by atoms with van der Waals surface area (Å²) in [5, 5.41) is 6.94. The van der Waals surface area contributed by atoms with Gasteiger partial charge in [0.25, 0.3) is 5.91 Å². The predicted octanol–water partition coefficient (Wildman–Crippen LogP) is 5.39. The summed E-state index contributed by atoms with van der Waals surface area (Å²) in [6.07, 6.45) is 1.56. The molecule has 2 N–H and O–H groups in total. The van der Waals surface area contributed by atoms with E-state index in [9.17, 15) is 4.79 Å². The molecular weight excluding hydrogens is 373 g/mol. The van der Waals surface area contributed by atoms with Crippen LogP contribution in [0.1, 0.15) is 10.4 Å². The highest BCUT2D eigenvalue weighted by Crippen LogP contribution is 2.28. The first-order valence-electron chi connectivity index (χ1n) is 7.69. The quantitative estimate of drug-likeness (QED) is 0.615. The molecule has 0 aliphatic rings. The van der Waals surface area contributed by atoms with E-state index < -0.39 is 0 Å². The number of benzene rings is 2. The maximum Gasteiger partial charge on any atom is 0.255 e. The monoisotopic (exact) mass is 387 g/mol. The van der Waals surface area contributed by atoms with Crippen LogP contribution in [0.4, 0.5) is 17.2 Å². The SMILES string of the molecule is COc1ccc(Nc2cc(C(=O)Nc3cccc(Cl)c3)ccn2)cc1Cl. The van der Waals surface area contributed by atoms with Crippen molar-refractivity contribution < 1.29 is 9.53 Å². The third-order valence-electron chi connectivity index (χ3n) is 3.53. The van der Waals surface area contributed by atoms with Gasteiger partial charge in [-0.05, 0) is 48.5 Å². The highest BCUT2D eigenvalue weighted by molar-refractivity contribution is 6.32. The molecular formula is C19H15Cl2N3O2. The predicted molar refractivity (Wildman–Crippen MR) is 105 cm³/mol. The molecule has 26 heavy (non-hydrogen) atoms. The molecule has 0 radical (unpaired) electrons. The van der Waals surface area contributed by atoms with E-state index in [1.165, 1.54) is 0 Å². The summed E-state index contributed by atoms with van der Waals surface area (Å²) in [6.45, 7) is 0. The lowest BCUT2D eigenvalue weighted by Crippen LogP contribution is -2.12. The van der Waals surface area contributed by atoms with Gasteiger partial charge in [-0.25, -0.2) is 4.98 Å². The minimum absolute atomic E-state index is 0.259. The maximum absolute atomic E-state index is 12.4. The van der Waals surface area contributed by atoms with E-state index in [-0.39, 0.29) is 5.91 Å². The average Bonchev–Trinajstić information content (AvgIpc) is 2.62. The second-order valence-corrected chi connectivity index (χ2v) is 6.21. The van der Waals surface area contributed by atoms with Gasteiger partial charge in [0.15, 0.2) is 0 Å². The Labute approximate surface area is 160 Å². The van der Waals surface area contributed by atoms with Crippen LogP contribution in [-0.4, -0.2) is 18.0 Å². The topological polar surface area (TPSA) is 63.2 Å². The van der Waals surface area contributed by atoms with Crippen molar-refractivity contribution in [3.8, 4) is 5.75 Å². The number of rotatable bonds is 5. The summed E-state index contributed by atoms with van der Waals surface area (Å²) >= 11 is 12.1. The van der Waals surface area contributed by atoms with E-state index in [1.54, 1.807) is 61.8 Å². The normalized spacial score (nSPS) is 10.3. The third kappa shape index (κ3) is 4.45. The van der Waals surface area contributed by atoms with Crippen molar-refractivity contribution in [2.24, 2.45) is 0 Å². The second kappa shape index (κ2) is 8.08. The smallest absolute Gasteiger partial charge is 0.255 e. The van der Waals surface area contributed by atoms with Gasteiger partial charge in [0, 0.05) is 28.2 Å². The van der Waals surface area contributed by atoms with Crippen LogP contribution in [0.2, 0.25) is 10.0 Å². The van der Waals surface area contributed by atoms with Gasteiger partial charge in [-0.1, -0.05) is 29.3 Å². The Hall–Kier alpha value is -2.76.